The van der Waals surface area contributed by atoms with Crippen molar-refractivity contribution >= 4 is 8.03 Å². The van der Waals surface area contributed by atoms with Crippen molar-refractivity contribution < 1.29 is 18.2 Å². The fourth-order valence-corrected chi connectivity index (χ4v) is 1.56. The lowest BCUT2D eigenvalue weighted by Gasteiger charge is -2.21. The minimum absolute atomic E-state index is 0.0543. The van der Waals surface area contributed by atoms with E-state index in [1.165, 1.54) is 6.92 Å². The molecular weight excluding hydrogens is 199 g/mol. The van der Waals surface area contributed by atoms with Crippen LogP contribution in [0.1, 0.15) is 19.8 Å². The van der Waals surface area contributed by atoms with Gasteiger partial charge in [-0.25, -0.2) is 8.78 Å². The highest BCUT2D eigenvalue weighted by molar-refractivity contribution is 7.37. The summed E-state index contributed by atoms with van der Waals surface area (Å²) in [6.07, 6.45) is -0.383. The first-order valence-corrected chi connectivity index (χ1v) is 5.51. The highest BCUT2D eigenvalue weighted by Crippen LogP contribution is 2.32. The summed E-state index contributed by atoms with van der Waals surface area (Å²) in [5, 5.41) is 0. The zero-order chi connectivity index (χ0) is 10.5. The Morgan fingerprint density at radius 1 is 1.62 bits per heavy atom. The standard InChI is InChI=1S/C7H14F2NO2P/c1-6(2-5-13(11)12)7(8,9)3-4-10/h6H,2-5,10H2,1H3/p+1. The smallest absolute Gasteiger partial charge is 0.330 e. The molecule has 6 heteroatoms. The van der Waals surface area contributed by atoms with Crippen molar-refractivity contribution in [2.24, 2.45) is 11.7 Å². The molecule has 3 N–H and O–H groups in total. The molecule has 0 saturated heterocycles. The molecule has 3 nitrogen and oxygen atoms in total. The Hall–Kier alpha value is -0.120. The average molecular weight is 214 g/mol. The lowest BCUT2D eigenvalue weighted by atomic mass is 9.98. The minimum atomic E-state index is -2.82. The van der Waals surface area contributed by atoms with Gasteiger partial charge in [0.1, 0.15) is 0 Å². The maximum atomic E-state index is 13.0. The molecule has 0 rings (SSSR count). The summed E-state index contributed by atoms with van der Waals surface area (Å²) >= 11 is 0. The fourth-order valence-electron chi connectivity index (χ4n) is 0.954. The van der Waals surface area contributed by atoms with Crippen LogP contribution >= 0.6 is 8.03 Å². The second-order valence-corrected chi connectivity index (χ2v) is 4.22. The second-order valence-electron chi connectivity index (χ2n) is 3.07. The fraction of sp³-hybridized carbons (Fsp3) is 1.00. The van der Waals surface area contributed by atoms with E-state index in [-0.39, 0.29) is 25.5 Å². The molecule has 0 fully saturated rings. The number of halogens is 2. The summed E-state index contributed by atoms with van der Waals surface area (Å²) in [6, 6.07) is 0. The molecule has 2 unspecified atom stereocenters. The summed E-state index contributed by atoms with van der Waals surface area (Å²) in [5.41, 5.74) is 5.02. The van der Waals surface area contributed by atoms with Gasteiger partial charge in [0.05, 0.1) is 0 Å². The number of alkyl halides is 2. The van der Waals surface area contributed by atoms with Gasteiger partial charge in [-0.15, -0.1) is 0 Å². The Labute approximate surface area is 77.2 Å². The Bertz CT molecular complexity index is 178. The van der Waals surface area contributed by atoms with Crippen LogP contribution < -0.4 is 5.73 Å². The topological polar surface area (TPSA) is 63.3 Å². The van der Waals surface area contributed by atoms with Crippen molar-refractivity contribution in [3.05, 3.63) is 0 Å². The van der Waals surface area contributed by atoms with Crippen molar-refractivity contribution in [1.29, 1.82) is 0 Å². The quantitative estimate of drug-likeness (QED) is 0.662. The van der Waals surface area contributed by atoms with Gasteiger partial charge in [0.25, 0.3) is 5.92 Å². The average Bonchev–Trinajstić information content (AvgIpc) is 1.99. The third-order valence-corrected chi connectivity index (χ3v) is 2.59. The van der Waals surface area contributed by atoms with E-state index in [2.05, 4.69) is 0 Å². The van der Waals surface area contributed by atoms with Crippen LogP contribution in [-0.2, 0) is 4.57 Å². The molecular formula is C7H15F2NO2P+. The molecule has 2 atom stereocenters. The van der Waals surface area contributed by atoms with Gasteiger partial charge in [-0.3, -0.25) is 0 Å². The van der Waals surface area contributed by atoms with Crippen molar-refractivity contribution in [1.82, 2.24) is 0 Å². The molecule has 0 bridgehead atoms. The number of nitrogens with two attached hydrogens (primary N) is 1. The van der Waals surface area contributed by atoms with Crippen LogP contribution in [0.4, 0.5) is 8.78 Å². The van der Waals surface area contributed by atoms with E-state index in [1.54, 1.807) is 0 Å². The summed E-state index contributed by atoms with van der Waals surface area (Å²) in [7, 11) is -2.30. The summed E-state index contributed by atoms with van der Waals surface area (Å²) < 4.78 is 36.3. The Morgan fingerprint density at radius 3 is 2.54 bits per heavy atom. The van der Waals surface area contributed by atoms with Crippen LogP contribution in [0.2, 0.25) is 0 Å². The highest BCUT2D eigenvalue weighted by atomic mass is 31.1. The molecule has 13 heavy (non-hydrogen) atoms. The van der Waals surface area contributed by atoms with Crippen LogP contribution in [0, 0.1) is 5.92 Å². The maximum absolute atomic E-state index is 13.0. The van der Waals surface area contributed by atoms with E-state index in [1.807, 2.05) is 0 Å². The molecule has 0 aromatic carbocycles. The molecule has 0 aromatic rings. The molecule has 0 aliphatic carbocycles. The van der Waals surface area contributed by atoms with Gasteiger partial charge in [-0.2, -0.15) is 4.89 Å². The van der Waals surface area contributed by atoms with E-state index in [4.69, 9.17) is 10.6 Å². The van der Waals surface area contributed by atoms with Crippen molar-refractivity contribution in [3.63, 3.8) is 0 Å². The monoisotopic (exact) mass is 214 g/mol. The largest absolute Gasteiger partial charge is 0.505 e. The van der Waals surface area contributed by atoms with Gasteiger partial charge >= 0.3 is 8.03 Å². The van der Waals surface area contributed by atoms with Crippen LogP contribution in [0.3, 0.4) is 0 Å². The molecule has 0 aliphatic heterocycles. The number of hydrogen-bond acceptors (Lipinski definition) is 2. The lowest BCUT2D eigenvalue weighted by Crippen LogP contribution is -2.29. The molecule has 0 aliphatic rings. The SMILES string of the molecule is CC(CC[P+](=O)O)C(F)(F)CCN. The minimum Gasteiger partial charge on any atom is -0.330 e. The molecule has 0 aromatic heterocycles. The van der Waals surface area contributed by atoms with Gasteiger partial charge < -0.3 is 5.73 Å². The van der Waals surface area contributed by atoms with Gasteiger partial charge in [0, 0.05) is 18.8 Å². The first kappa shape index (κ1) is 12.9. The lowest BCUT2D eigenvalue weighted by molar-refractivity contribution is -0.0573. The second kappa shape index (κ2) is 5.58. The Morgan fingerprint density at radius 2 is 2.15 bits per heavy atom. The summed E-state index contributed by atoms with van der Waals surface area (Å²) in [4.78, 5) is 8.44. The first-order chi connectivity index (χ1) is 5.90. The highest BCUT2D eigenvalue weighted by Gasteiger charge is 2.36. The van der Waals surface area contributed by atoms with Gasteiger partial charge in [-0.1, -0.05) is 6.92 Å². The predicted molar refractivity (Wildman–Crippen MR) is 47.1 cm³/mol. The van der Waals surface area contributed by atoms with Crippen LogP contribution in [0.15, 0.2) is 0 Å². The van der Waals surface area contributed by atoms with Crippen molar-refractivity contribution in [2.75, 3.05) is 12.7 Å². The van der Waals surface area contributed by atoms with Crippen molar-refractivity contribution in [2.45, 2.75) is 25.7 Å². The zero-order valence-electron chi connectivity index (χ0n) is 7.54. The van der Waals surface area contributed by atoms with Gasteiger partial charge in [0.15, 0.2) is 6.16 Å². The molecule has 0 spiro atoms. The molecule has 78 valence electrons. The molecule has 0 radical (unpaired) electrons. The third kappa shape index (κ3) is 5.24. The molecule has 0 heterocycles. The van der Waals surface area contributed by atoms with E-state index in [0.717, 1.165) is 0 Å². The summed E-state index contributed by atoms with van der Waals surface area (Å²) in [5.74, 6) is -3.71. The number of rotatable bonds is 6. The Balaban J connectivity index is 3.92. The summed E-state index contributed by atoms with van der Waals surface area (Å²) in [6.45, 7) is 1.30. The van der Waals surface area contributed by atoms with Crippen LogP contribution in [0.25, 0.3) is 0 Å². The third-order valence-electron chi connectivity index (χ3n) is 1.95. The van der Waals surface area contributed by atoms with Crippen molar-refractivity contribution in [3.8, 4) is 0 Å². The van der Waals surface area contributed by atoms with E-state index in [0.29, 0.717) is 0 Å². The molecule has 0 saturated carbocycles. The Kier molecular flexibility index (Phi) is 5.53. The molecule has 0 amide bonds. The van der Waals surface area contributed by atoms with E-state index in [9.17, 15) is 13.3 Å². The van der Waals surface area contributed by atoms with Crippen LogP contribution in [-0.4, -0.2) is 23.5 Å². The van der Waals surface area contributed by atoms with E-state index >= 15 is 0 Å². The van der Waals surface area contributed by atoms with Crippen LogP contribution in [0.5, 0.6) is 0 Å². The van der Waals surface area contributed by atoms with Gasteiger partial charge in [0.2, 0.25) is 0 Å². The number of hydrogen-bond donors (Lipinski definition) is 2. The van der Waals surface area contributed by atoms with E-state index < -0.39 is 19.9 Å². The first-order valence-electron chi connectivity index (χ1n) is 4.11. The van der Waals surface area contributed by atoms with Gasteiger partial charge in [-0.05, 0) is 11.1 Å². The maximum Gasteiger partial charge on any atom is 0.505 e. The zero-order valence-corrected chi connectivity index (χ0v) is 8.44. The predicted octanol–water partition coefficient (Wildman–Crippen LogP) is 1.73. The normalized spacial score (nSPS) is 15.6.